The van der Waals surface area contributed by atoms with Crippen molar-refractivity contribution < 1.29 is 28.4 Å². The van der Waals surface area contributed by atoms with Crippen LogP contribution in [0.4, 0.5) is 11.6 Å². The fourth-order valence-corrected chi connectivity index (χ4v) is 5.45. The van der Waals surface area contributed by atoms with Gasteiger partial charge in [-0.1, -0.05) is 0 Å². The smallest absolute Gasteiger partial charge is 0.463 e. The van der Waals surface area contributed by atoms with E-state index in [1.807, 2.05) is 37.5 Å². The molecule has 0 aromatic carbocycles. The van der Waals surface area contributed by atoms with Crippen LogP contribution in [0.1, 0.15) is 85.8 Å². The van der Waals surface area contributed by atoms with Crippen LogP contribution in [0.15, 0.2) is 44.7 Å². The van der Waals surface area contributed by atoms with Crippen LogP contribution in [0.2, 0.25) is 0 Å². The first-order chi connectivity index (χ1) is 23.8. The lowest BCUT2D eigenvalue weighted by atomic mass is 9.90. The number of hydrogen-bond donors (Lipinski definition) is 2. The van der Waals surface area contributed by atoms with Gasteiger partial charge in [0.25, 0.3) is 11.1 Å². The van der Waals surface area contributed by atoms with Crippen molar-refractivity contribution in [2.45, 2.75) is 91.3 Å². The van der Waals surface area contributed by atoms with Gasteiger partial charge in [-0.3, -0.25) is 9.59 Å². The largest absolute Gasteiger partial charge is 0.487 e. The summed E-state index contributed by atoms with van der Waals surface area (Å²) in [7, 11) is -0.491. The second-order valence-corrected chi connectivity index (χ2v) is 13.6. The first-order valence-electron chi connectivity index (χ1n) is 17.2. The standard InChI is InChI=1S/C14H19N3O3.C11H19BO4.C9H12BrN3O/c1-2-20-12(18)7-6-11-10-15-14(19)13(16-11)17-8-4-3-5-9-17;1-6-14-9(13)7-8-12-15-10(2,3)11(4,5)16-12;10-7-6-11-9(14)8(12-7)13-4-2-1-3-5-13/h6-7,10H,2-5,8-9H2,1H3,(H,15,19);7-8H,6H2,1-5H3;6H,1-5H2,(H,11,14)/b7-6+;8-7+;. The monoisotopic (exact) mass is 760 g/mol. The number of nitrogens with zero attached hydrogens (tertiary/aromatic N) is 4. The van der Waals surface area contributed by atoms with Crippen molar-refractivity contribution in [1.29, 1.82) is 0 Å². The van der Waals surface area contributed by atoms with Gasteiger partial charge >= 0.3 is 19.1 Å². The second kappa shape index (κ2) is 19.6. The maximum Gasteiger partial charge on any atom is 0.487 e. The molecule has 16 heteroatoms. The molecule has 0 spiro atoms. The Hall–Kier alpha value is -3.76. The van der Waals surface area contributed by atoms with Crippen LogP contribution in [0.25, 0.3) is 6.08 Å². The van der Waals surface area contributed by atoms with E-state index >= 15 is 0 Å². The number of H-pyrrole nitrogens is 2. The Labute approximate surface area is 302 Å². The second-order valence-electron chi connectivity index (χ2n) is 12.8. The fourth-order valence-electron chi connectivity index (χ4n) is 5.17. The molecule has 0 bridgehead atoms. The lowest BCUT2D eigenvalue weighted by molar-refractivity contribution is -0.138. The van der Waals surface area contributed by atoms with Gasteiger partial charge in [0.05, 0.1) is 30.1 Å². The minimum Gasteiger partial charge on any atom is -0.463 e. The summed E-state index contributed by atoms with van der Waals surface area (Å²) in [5, 5.41) is 0. The predicted octanol–water partition coefficient (Wildman–Crippen LogP) is 4.60. The van der Waals surface area contributed by atoms with Gasteiger partial charge in [0, 0.05) is 50.7 Å². The van der Waals surface area contributed by atoms with Crippen molar-refractivity contribution in [2.75, 3.05) is 49.2 Å². The molecule has 3 fully saturated rings. The zero-order chi connectivity index (χ0) is 36.7. The molecule has 2 aromatic heterocycles. The summed E-state index contributed by atoms with van der Waals surface area (Å²) < 4.78 is 21.6. The molecule has 0 saturated carbocycles. The number of hydrogen-bond acceptors (Lipinski definition) is 12. The number of ether oxygens (including phenoxy) is 2. The van der Waals surface area contributed by atoms with Crippen molar-refractivity contribution in [2.24, 2.45) is 0 Å². The van der Waals surface area contributed by atoms with E-state index in [0.717, 1.165) is 51.9 Å². The Balaban J connectivity index is 0.000000206. The zero-order valence-corrected chi connectivity index (χ0v) is 31.5. The Morgan fingerprint density at radius 3 is 1.76 bits per heavy atom. The van der Waals surface area contributed by atoms with E-state index in [1.54, 1.807) is 32.1 Å². The number of rotatable bonds is 8. The molecule has 3 aliphatic rings. The average Bonchev–Trinajstić information content (AvgIpc) is 3.31. The summed E-state index contributed by atoms with van der Waals surface area (Å²) in [5.74, 6) is 1.75. The summed E-state index contributed by atoms with van der Waals surface area (Å²) in [6.07, 6.45) is 14.1. The number of piperidine rings is 2. The van der Waals surface area contributed by atoms with Crippen LogP contribution in [0, 0.1) is 0 Å². The fraction of sp³-hybridized carbons (Fsp3) is 0.588. The summed E-state index contributed by atoms with van der Waals surface area (Å²) in [6, 6.07) is 0. The summed E-state index contributed by atoms with van der Waals surface area (Å²) in [4.78, 5) is 63.5. The third-order valence-electron chi connectivity index (χ3n) is 8.46. The molecule has 14 nitrogen and oxygen atoms in total. The minimum atomic E-state index is -0.491. The van der Waals surface area contributed by atoms with Crippen molar-refractivity contribution >= 4 is 52.7 Å². The molecule has 5 rings (SSSR count). The number of esters is 2. The highest BCUT2D eigenvalue weighted by atomic mass is 79.9. The number of aromatic amines is 2. The molecule has 0 radical (unpaired) electrons. The van der Waals surface area contributed by atoms with Gasteiger partial charge in [-0.25, -0.2) is 19.6 Å². The number of anilines is 2. The molecule has 0 amide bonds. The molecule has 0 unspecified atom stereocenters. The summed E-state index contributed by atoms with van der Waals surface area (Å²) in [5.41, 5.74) is -0.513. The van der Waals surface area contributed by atoms with Crippen LogP contribution in [0.5, 0.6) is 0 Å². The lowest BCUT2D eigenvalue weighted by Gasteiger charge is -2.32. The maximum atomic E-state index is 11.8. The molecule has 5 heterocycles. The third kappa shape index (κ3) is 12.5. The van der Waals surface area contributed by atoms with Gasteiger partial charge < -0.3 is 38.6 Å². The number of carbonyl (C=O) groups is 2. The van der Waals surface area contributed by atoms with Gasteiger partial charge in [0.2, 0.25) is 0 Å². The average molecular weight is 762 g/mol. The highest BCUT2D eigenvalue weighted by Gasteiger charge is 2.50. The molecule has 2 aromatic rings. The SMILES string of the molecule is CCOC(=O)/C=C/B1OC(C)(C)C(C)(C)O1.CCOC(=O)/C=C/c1c[nH]c(=O)c(N2CCCCC2)n1.O=c1[nH]cc(Br)nc1N1CCCCC1. The summed E-state index contributed by atoms with van der Waals surface area (Å²) >= 11 is 3.25. The van der Waals surface area contributed by atoms with Gasteiger partial charge in [0.1, 0.15) is 4.60 Å². The van der Waals surface area contributed by atoms with Crippen LogP contribution in [0.3, 0.4) is 0 Å². The molecule has 0 atom stereocenters. The van der Waals surface area contributed by atoms with Crippen molar-refractivity contribution in [3.05, 3.63) is 61.5 Å². The number of halogens is 1. The maximum absolute atomic E-state index is 11.8. The van der Waals surface area contributed by atoms with Crippen molar-refractivity contribution in [1.82, 2.24) is 19.9 Å². The molecule has 274 valence electrons. The van der Waals surface area contributed by atoms with E-state index in [1.165, 1.54) is 31.2 Å². The highest BCUT2D eigenvalue weighted by molar-refractivity contribution is 9.10. The predicted molar refractivity (Wildman–Crippen MR) is 197 cm³/mol. The van der Waals surface area contributed by atoms with Gasteiger partial charge in [-0.15, -0.1) is 0 Å². The van der Waals surface area contributed by atoms with Crippen LogP contribution in [-0.2, 0) is 28.4 Å². The first-order valence-corrected chi connectivity index (χ1v) is 18.0. The lowest BCUT2D eigenvalue weighted by Crippen LogP contribution is -2.41. The first kappa shape index (κ1) is 40.7. The van der Waals surface area contributed by atoms with Crippen LogP contribution < -0.4 is 20.9 Å². The molecule has 0 aliphatic carbocycles. The Morgan fingerprint density at radius 1 is 0.800 bits per heavy atom. The van der Waals surface area contributed by atoms with Gasteiger partial charge in [-0.2, -0.15) is 0 Å². The highest BCUT2D eigenvalue weighted by Crippen LogP contribution is 2.36. The van der Waals surface area contributed by atoms with E-state index in [4.69, 9.17) is 18.8 Å². The normalized spacial score (nSPS) is 18.3. The van der Waals surface area contributed by atoms with E-state index in [-0.39, 0.29) is 28.3 Å². The molecular formula is C34H50BBrN6O8. The Kier molecular flexibility index (Phi) is 15.9. The number of carbonyl (C=O) groups excluding carboxylic acids is 2. The molecular weight excluding hydrogens is 711 g/mol. The third-order valence-corrected chi connectivity index (χ3v) is 8.87. The molecule has 3 saturated heterocycles. The Bertz CT molecular complexity index is 1570. The molecule has 50 heavy (non-hydrogen) atoms. The number of nitrogens with one attached hydrogen (secondary N) is 2. The van der Waals surface area contributed by atoms with E-state index in [0.29, 0.717) is 35.1 Å². The quantitative estimate of drug-likeness (QED) is 0.218. The van der Waals surface area contributed by atoms with E-state index < -0.39 is 13.1 Å². The van der Waals surface area contributed by atoms with Gasteiger partial charge in [0.15, 0.2) is 11.6 Å². The number of aromatic nitrogens is 4. The van der Waals surface area contributed by atoms with Crippen molar-refractivity contribution in [3.63, 3.8) is 0 Å². The molecule has 2 N–H and O–H groups in total. The van der Waals surface area contributed by atoms with Crippen molar-refractivity contribution in [3.8, 4) is 0 Å². The van der Waals surface area contributed by atoms with E-state index in [2.05, 4.69) is 35.9 Å². The van der Waals surface area contributed by atoms with Crippen LogP contribution in [-0.4, -0.2) is 89.6 Å². The van der Waals surface area contributed by atoms with E-state index in [9.17, 15) is 19.2 Å². The topological polar surface area (TPSA) is 169 Å². The molecule has 3 aliphatic heterocycles. The Morgan fingerprint density at radius 2 is 1.26 bits per heavy atom. The zero-order valence-electron chi connectivity index (χ0n) is 30.0. The summed E-state index contributed by atoms with van der Waals surface area (Å²) in [6.45, 7) is 15.6. The minimum absolute atomic E-state index is 0.102. The van der Waals surface area contributed by atoms with Gasteiger partial charge in [-0.05, 0) is 108 Å². The van der Waals surface area contributed by atoms with Crippen LogP contribution >= 0.6 is 15.9 Å².